The molecule has 3 aromatic rings. The summed E-state index contributed by atoms with van der Waals surface area (Å²) in [4.78, 5) is 11.6. The van der Waals surface area contributed by atoms with Crippen LogP contribution in [0.5, 0.6) is 0 Å². The zero-order valence-electron chi connectivity index (χ0n) is 12.9. The number of hydrogen-bond acceptors (Lipinski definition) is 7. The third kappa shape index (κ3) is 3.44. The smallest absolute Gasteiger partial charge is 0.341 e. The maximum absolute atomic E-state index is 11.6. The van der Waals surface area contributed by atoms with Crippen LogP contribution in [-0.2, 0) is 10.5 Å². The Morgan fingerprint density at radius 3 is 3.00 bits per heavy atom. The van der Waals surface area contributed by atoms with Crippen LogP contribution in [0.3, 0.4) is 0 Å². The van der Waals surface area contributed by atoms with Crippen LogP contribution in [-0.4, -0.2) is 33.3 Å². The lowest BCUT2D eigenvalue weighted by Crippen LogP contribution is -2.00. The number of carbonyl (C=O) groups is 1. The first-order chi connectivity index (χ1) is 11.6. The molecule has 0 fully saturated rings. The fourth-order valence-corrected chi connectivity index (χ4v) is 3.06. The van der Waals surface area contributed by atoms with Gasteiger partial charge in [0.15, 0.2) is 0 Å². The second-order valence-corrected chi connectivity index (χ2v) is 6.19. The molecule has 1 aromatic carbocycles. The van der Waals surface area contributed by atoms with Gasteiger partial charge in [0, 0.05) is 5.02 Å². The number of ether oxygens (including phenoxy) is 1. The van der Waals surface area contributed by atoms with Gasteiger partial charge in [0.25, 0.3) is 0 Å². The van der Waals surface area contributed by atoms with Crippen LogP contribution in [0.2, 0.25) is 5.02 Å². The number of thioether (sulfide) groups is 1. The van der Waals surface area contributed by atoms with Gasteiger partial charge in [-0.3, -0.25) is 0 Å². The number of benzene rings is 1. The Hall–Kier alpha value is -2.32. The Morgan fingerprint density at radius 2 is 2.25 bits per heavy atom. The highest BCUT2D eigenvalue weighted by molar-refractivity contribution is 7.98. The number of nitrogens with zero attached hydrogens (tertiary/aromatic N) is 4. The molecule has 7 nitrogen and oxygen atoms in total. The van der Waals surface area contributed by atoms with Gasteiger partial charge in [0.05, 0.1) is 18.6 Å². The number of rotatable bonds is 5. The third-order valence-corrected chi connectivity index (χ3v) is 4.39. The predicted molar refractivity (Wildman–Crippen MR) is 88.5 cm³/mol. The first-order valence-electron chi connectivity index (χ1n) is 6.93. The summed E-state index contributed by atoms with van der Waals surface area (Å²) in [5, 5.41) is 12.9. The number of halogens is 1. The number of methoxy groups -OCH3 is 1. The van der Waals surface area contributed by atoms with Crippen LogP contribution < -0.4 is 0 Å². The molecule has 0 spiro atoms. The molecule has 24 heavy (non-hydrogen) atoms. The van der Waals surface area contributed by atoms with Crippen molar-refractivity contribution in [2.24, 2.45) is 0 Å². The van der Waals surface area contributed by atoms with Crippen LogP contribution in [0, 0.1) is 6.92 Å². The van der Waals surface area contributed by atoms with Crippen molar-refractivity contribution in [2.45, 2.75) is 17.8 Å². The van der Waals surface area contributed by atoms with E-state index in [0.717, 1.165) is 5.69 Å². The van der Waals surface area contributed by atoms with Gasteiger partial charge in [-0.05, 0) is 41.6 Å². The van der Waals surface area contributed by atoms with Gasteiger partial charge in [-0.1, -0.05) is 29.4 Å². The number of aryl methyl sites for hydroxylation is 1. The molecule has 0 radical (unpaired) electrons. The maximum Gasteiger partial charge on any atom is 0.341 e. The number of carbonyl (C=O) groups excluding carboxylic acids is 1. The number of tetrazole rings is 1. The van der Waals surface area contributed by atoms with E-state index in [4.69, 9.17) is 20.8 Å². The van der Waals surface area contributed by atoms with Crippen LogP contribution in [0.15, 0.2) is 39.9 Å². The highest BCUT2D eigenvalue weighted by atomic mass is 35.5. The number of aromatic nitrogens is 4. The van der Waals surface area contributed by atoms with E-state index >= 15 is 0 Å². The van der Waals surface area contributed by atoms with E-state index in [1.165, 1.54) is 18.9 Å². The first-order valence-corrected chi connectivity index (χ1v) is 8.29. The van der Waals surface area contributed by atoms with Crippen molar-refractivity contribution in [3.05, 3.63) is 52.4 Å². The topological polar surface area (TPSA) is 83.0 Å². The molecule has 9 heteroatoms. The fourth-order valence-electron chi connectivity index (χ4n) is 2.10. The summed E-state index contributed by atoms with van der Waals surface area (Å²) < 4.78 is 11.9. The van der Waals surface area contributed by atoms with E-state index in [9.17, 15) is 4.79 Å². The molecule has 0 aliphatic carbocycles. The van der Waals surface area contributed by atoms with Crippen molar-refractivity contribution < 1.29 is 13.9 Å². The Labute approximate surface area is 146 Å². The van der Waals surface area contributed by atoms with E-state index in [1.807, 2.05) is 12.1 Å². The highest BCUT2D eigenvalue weighted by Gasteiger charge is 2.17. The molecule has 2 heterocycles. The minimum Gasteiger partial charge on any atom is -0.465 e. The molecule has 0 N–H and O–H groups in total. The lowest BCUT2D eigenvalue weighted by atomic mass is 10.2. The van der Waals surface area contributed by atoms with Crippen molar-refractivity contribution in [3.8, 4) is 5.69 Å². The van der Waals surface area contributed by atoms with Crippen molar-refractivity contribution in [1.82, 2.24) is 20.2 Å². The minimum absolute atomic E-state index is 0.419. The standard InChI is InChI=1S/C15H13ClN4O3S/c1-9-13(14(21)22-2)7-12(23-9)8-24-15-17-18-19-20(15)11-5-3-4-10(16)6-11/h3-7H,8H2,1-2H3. The SMILES string of the molecule is COC(=O)c1cc(CSc2nnnn2-c2cccc(Cl)c2)oc1C. The zero-order valence-corrected chi connectivity index (χ0v) is 14.5. The molecule has 0 unspecified atom stereocenters. The monoisotopic (exact) mass is 364 g/mol. The Bertz CT molecular complexity index is 877. The van der Waals surface area contributed by atoms with Crippen molar-refractivity contribution in [1.29, 1.82) is 0 Å². The normalized spacial score (nSPS) is 10.8. The summed E-state index contributed by atoms with van der Waals surface area (Å²) in [5.74, 6) is 1.21. The van der Waals surface area contributed by atoms with E-state index in [2.05, 4.69) is 15.5 Å². The summed E-state index contributed by atoms with van der Waals surface area (Å²) in [5.41, 5.74) is 1.18. The van der Waals surface area contributed by atoms with Gasteiger partial charge < -0.3 is 9.15 Å². The molecule has 0 aliphatic rings. The summed E-state index contributed by atoms with van der Waals surface area (Å²) in [7, 11) is 1.34. The van der Waals surface area contributed by atoms with E-state index < -0.39 is 5.97 Å². The van der Waals surface area contributed by atoms with Crippen molar-refractivity contribution in [3.63, 3.8) is 0 Å². The third-order valence-electron chi connectivity index (χ3n) is 3.21. The maximum atomic E-state index is 11.6. The molecule has 0 aliphatic heterocycles. The molecule has 0 saturated carbocycles. The fraction of sp³-hybridized carbons (Fsp3) is 0.200. The molecule has 0 saturated heterocycles. The second kappa shape index (κ2) is 7.06. The van der Waals surface area contributed by atoms with E-state index in [1.54, 1.807) is 29.8 Å². The lowest BCUT2D eigenvalue weighted by Gasteiger charge is -2.03. The van der Waals surface area contributed by atoms with Crippen molar-refractivity contribution >= 4 is 29.3 Å². The van der Waals surface area contributed by atoms with E-state index in [-0.39, 0.29) is 0 Å². The summed E-state index contributed by atoms with van der Waals surface area (Å²) in [6, 6.07) is 8.91. The van der Waals surface area contributed by atoms with Crippen LogP contribution in [0.25, 0.3) is 5.69 Å². The molecule has 0 atom stereocenters. The molecule has 2 aromatic heterocycles. The van der Waals surface area contributed by atoms with Gasteiger partial charge in [-0.25, -0.2) is 4.79 Å². The van der Waals surface area contributed by atoms with Gasteiger partial charge in [-0.15, -0.1) is 5.10 Å². The number of esters is 1. The van der Waals surface area contributed by atoms with E-state index in [0.29, 0.717) is 33.0 Å². The predicted octanol–water partition coefficient (Wildman–Crippen LogP) is 3.30. The molecule has 0 amide bonds. The van der Waals surface area contributed by atoms with Gasteiger partial charge >= 0.3 is 5.97 Å². The van der Waals surface area contributed by atoms with Crippen LogP contribution in [0.1, 0.15) is 21.9 Å². The van der Waals surface area contributed by atoms with Crippen LogP contribution >= 0.6 is 23.4 Å². The summed E-state index contributed by atoms with van der Waals surface area (Å²) >= 11 is 7.39. The molecule has 0 bridgehead atoms. The van der Waals surface area contributed by atoms with Gasteiger partial charge in [0.2, 0.25) is 5.16 Å². The first kappa shape index (κ1) is 16.5. The van der Waals surface area contributed by atoms with Gasteiger partial charge in [-0.2, -0.15) is 4.68 Å². The second-order valence-electron chi connectivity index (χ2n) is 4.82. The van der Waals surface area contributed by atoms with Crippen molar-refractivity contribution in [2.75, 3.05) is 7.11 Å². The van der Waals surface area contributed by atoms with Crippen LogP contribution in [0.4, 0.5) is 0 Å². The average Bonchev–Trinajstić information content (AvgIpc) is 3.18. The lowest BCUT2D eigenvalue weighted by molar-refractivity contribution is 0.0599. The Balaban J connectivity index is 1.77. The zero-order chi connectivity index (χ0) is 17.1. The molecule has 124 valence electrons. The summed E-state index contributed by atoms with van der Waals surface area (Å²) in [6.07, 6.45) is 0. The Morgan fingerprint density at radius 1 is 1.42 bits per heavy atom. The average molecular weight is 365 g/mol. The Kier molecular flexibility index (Phi) is 4.86. The molecule has 3 rings (SSSR count). The quantitative estimate of drug-likeness (QED) is 0.507. The number of hydrogen-bond donors (Lipinski definition) is 0. The largest absolute Gasteiger partial charge is 0.465 e. The highest BCUT2D eigenvalue weighted by Crippen LogP contribution is 2.26. The summed E-state index contributed by atoms with van der Waals surface area (Å²) in [6.45, 7) is 1.72. The number of furan rings is 1. The molecular formula is C15H13ClN4O3S. The molecular weight excluding hydrogens is 352 g/mol. The minimum atomic E-state index is -0.420. The van der Waals surface area contributed by atoms with Gasteiger partial charge in [0.1, 0.15) is 17.1 Å².